The van der Waals surface area contributed by atoms with Crippen molar-refractivity contribution in [1.29, 1.82) is 0 Å². The van der Waals surface area contributed by atoms with Gasteiger partial charge in [-0.3, -0.25) is 9.89 Å². The Hall–Kier alpha value is -2.15. The van der Waals surface area contributed by atoms with Crippen LogP contribution in [-0.4, -0.2) is 50.3 Å². The molecule has 2 aromatic heterocycles. The van der Waals surface area contributed by atoms with Gasteiger partial charge in [0.15, 0.2) is 0 Å². The molecular formula is C15H21N5O2. The van der Waals surface area contributed by atoms with E-state index in [4.69, 9.17) is 4.74 Å². The molecule has 0 bridgehead atoms. The fourth-order valence-electron chi connectivity index (χ4n) is 2.83. The predicted molar refractivity (Wildman–Crippen MR) is 80.1 cm³/mol. The van der Waals surface area contributed by atoms with Crippen LogP contribution in [0.1, 0.15) is 30.9 Å². The Morgan fingerprint density at radius 3 is 3.18 bits per heavy atom. The summed E-state index contributed by atoms with van der Waals surface area (Å²) in [7, 11) is 0. The maximum absolute atomic E-state index is 12.6. The van der Waals surface area contributed by atoms with Crippen molar-refractivity contribution in [2.24, 2.45) is 0 Å². The molecule has 1 atom stereocenters. The number of rotatable bonds is 5. The summed E-state index contributed by atoms with van der Waals surface area (Å²) in [4.78, 5) is 18.8. The van der Waals surface area contributed by atoms with Crippen LogP contribution in [0.4, 0.5) is 0 Å². The quantitative estimate of drug-likeness (QED) is 0.899. The molecule has 22 heavy (non-hydrogen) atoms. The molecule has 7 heteroatoms. The number of aromatic nitrogens is 4. The van der Waals surface area contributed by atoms with Gasteiger partial charge in [0, 0.05) is 44.5 Å². The lowest BCUT2D eigenvalue weighted by Crippen LogP contribution is -2.43. The Balaban J connectivity index is 1.65. The normalized spacial score (nSPS) is 18.6. The van der Waals surface area contributed by atoms with Crippen LogP contribution in [-0.2, 0) is 22.5 Å². The molecule has 1 aliphatic rings. The number of aromatic amines is 1. The van der Waals surface area contributed by atoms with Crippen molar-refractivity contribution in [2.45, 2.75) is 32.4 Å². The lowest BCUT2D eigenvalue weighted by molar-refractivity contribution is -0.140. The highest BCUT2D eigenvalue weighted by atomic mass is 16.5. The number of carbonyl (C=O) groups is 1. The molecule has 0 unspecified atom stereocenters. The standard InChI is InChI=1S/C15H21N5O2/c1-2-14-16-6-8-19(14)7-4-15(21)20-9-10-22-11-13(20)12-3-5-17-18-12/h3,5-6,8,13H,2,4,7,9-11H2,1H3,(H,17,18)/t13-/m1/s1. The van der Waals surface area contributed by atoms with Gasteiger partial charge in [0.25, 0.3) is 0 Å². The molecule has 2 aromatic rings. The van der Waals surface area contributed by atoms with E-state index in [1.54, 1.807) is 12.4 Å². The molecule has 0 radical (unpaired) electrons. The number of nitrogens with zero attached hydrogens (tertiary/aromatic N) is 4. The summed E-state index contributed by atoms with van der Waals surface area (Å²) in [6.07, 6.45) is 6.75. The smallest absolute Gasteiger partial charge is 0.225 e. The summed E-state index contributed by atoms with van der Waals surface area (Å²) < 4.78 is 7.56. The minimum atomic E-state index is -0.0721. The van der Waals surface area contributed by atoms with Crippen molar-refractivity contribution in [3.8, 4) is 0 Å². The van der Waals surface area contributed by atoms with Crippen LogP contribution >= 0.6 is 0 Å². The molecule has 3 rings (SSSR count). The molecule has 0 aliphatic carbocycles. The maximum Gasteiger partial charge on any atom is 0.225 e. The fourth-order valence-corrected chi connectivity index (χ4v) is 2.83. The van der Waals surface area contributed by atoms with E-state index in [0.717, 1.165) is 17.9 Å². The number of hydrogen-bond donors (Lipinski definition) is 1. The third kappa shape index (κ3) is 3.04. The number of ether oxygens (including phenoxy) is 1. The van der Waals surface area contributed by atoms with E-state index in [1.165, 1.54) is 0 Å². The number of imidazole rings is 1. The third-order valence-corrected chi connectivity index (χ3v) is 4.01. The molecule has 1 amide bonds. The van der Waals surface area contributed by atoms with Crippen LogP contribution in [0.3, 0.4) is 0 Å². The Morgan fingerprint density at radius 2 is 2.41 bits per heavy atom. The van der Waals surface area contributed by atoms with Gasteiger partial charge in [0.1, 0.15) is 5.82 Å². The molecular weight excluding hydrogens is 282 g/mol. The molecule has 3 heterocycles. The molecule has 0 spiro atoms. The number of carbonyl (C=O) groups excluding carboxylic acids is 1. The average molecular weight is 303 g/mol. The van der Waals surface area contributed by atoms with Gasteiger partial charge in [-0.2, -0.15) is 5.10 Å². The zero-order chi connectivity index (χ0) is 15.4. The third-order valence-electron chi connectivity index (χ3n) is 4.01. The van der Waals surface area contributed by atoms with Gasteiger partial charge in [-0.25, -0.2) is 4.98 Å². The number of morpholine rings is 1. The monoisotopic (exact) mass is 303 g/mol. The molecule has 0 aromatic carbocycles. The fraction of sp³-hybridized carbons (Fsp3) is 0.533. The summed E-state index contributed by atoms with van der Waals surface area (Å²) in [6, 6.07) is 1.82. The largest absolute Gasteiger partial charge is 0.377 e. The van der Waals surface area contributed by atoms with Gasteiger partial charge in [0.2, 0.25) is 5.91 Å². The maximum atomic E-state index is 12.6. The SMILES string of the molecule is CCc1nccn1CCC(=O)N1CCOC[C@@H]1c1ccn[nH]1. The van der Waals surface area contributed by atoms with Crippen LogP contribution in [0.25, 0.3) is 0 Å². The van der Waals surface area contributed by atoms with E-state index < -0.39 is 0 Å². The van der Waals surface area contributed by atoms with Crippen molar-refractivity contribution >= 4 is 5.91 Å². The highest BCUT2D eigenvalue weighted by Crippen LogP contribution is 2.23. The van der Waals surface area contributed by atoms with Gasteiger partial charge < -0.3 is 14.2 Å². The van der Waals surface area contributed by atoms with E-state index in [-0.39, 0.29) is 11.9 Å². The molecule has 1 fully saturated rings. The molecule has 7 nitrogen and oxygen atoms in total. The molecule has 1 N–H and O–H groups in total. The number of nitrogens with one attached hydrogen (secondary N) is 1. The minimum absolute atomic E-state index is 0.0721. The van der Waals surface area contributed by atoms with Gasteiger partial charge >= 0.3 is 0 Å². The molecule has 0 saturated carbocycles. The van der Waals surface area contributed by atoms with Gasteiger partial charge in [-0.15, -0.1) is 0 Å². The van der Waals surface area contributed by atoms with Crippen LogP contribution in [0, 0.1) is 0 Å². The summed E-state index contributed by atoms with van der Waals surface area (Å²) in [5, 5.41) is 6.91. The van der Waals surface area contributed by atoms with Crippen molar-refractivity contribution in [3.05, 3.63) is 36.2 Å². The minimum Gasteiger partial charge on any atom is -0.377 e. The van der Waals surface area contributed by atoms with Crippen molar-refractivity contribution in [3.63, 3.8) is 0 Å². The second-order valence-electron chi connectivity index (χ2n) is 5.33. The number of aryl methyl sites for hydroxylation is 2. The van der Waals surface area contributed by atoms with Gasteiger partial charge in [-0.1, -0.05) is 6.92 Å². The number of H-pyrrole nitrogens is 1. The van der Waals surface area contributed by atoms with E-state index >= 15 is 0 Å². The number of hydrogen-bond acceptors (Lipinski definition) is 4. The highest BCUT2D eigenvalue weighted by Gasteiger charge is 2.29. The second-order valence-corrected chi connectivity index (χ2v) is 5.33. The Bertz CT molecular complexity index is 607. The summed E-state index contributed by atoms with van der Waals surface area (Å²) in [5.41, 5.74) is 0.921. The average Bonchev–Trinajstić information content (AvgIpc) is 3.23. The molecule has 1 aliphatic heterocycles. The van der Waals surface area contributed by atoms with E-state index in [1.807, 2.05) is 21.7 Å². The first-order valence-electron chi connectivity index (χ1n) is 7.66. The second kappa shape index (κ2) is 6.74. The summed E-state index contributed by atoms with van der Waals surface area (Å²) in [6.45, 7) is 4.44. The number of amides is 1. The van der Waals surface area contributed by atoms with Gasteiger partial charge in [-0.05, 0) is 6.07 Å². The zero-order valence-electron chi connectivity index (χ0n) is 12.7. The van der Waals surface area contributed by atoms with E-state index in [9.17, 15) is 4.79 Å². The van der Waals surface area contributed by atoms with Gasteiger partial charge in [0.05, 0.1) is 24.9 Å². The highest BCUT2D eigenvalue weighted by molar-refractivity contribution is 5.76. The Labute approximate surface area is 129 Å². The van der Waals surface area contributed by atoms with Crippen molar-refractivity contribution in [1.82, 2.24) is 24.6 Å². The van der Waals surface area contributed by atoms with Crippen molar-refractivity contribution in [2.75, 3.05) is 19.8 Å². The van der Waals surface area contributed by atoms with E-state index in [0.29, 0.717) is 32.7 Å². The first-order valence-corrected chi connectivity index (χ1v) is 7.66. The molecule has 1 saturated heterocycles. The first kappa shape index (κ1) is 14.8. The zero-order valence-corrected chi connectivity index (χ0v) is 12.7. The van der Waals surface area contributed by atoms with Crippen LogP contribution in [0.2, 0.25) is 0 Å². The lowest BCUT2D eigenvalue weighted by Gasteiger charge is -2.35. The molecule has 118 valence electrons. The van der Waals surface area contributed by atoms with Crippen molar-refractivity contribution < 1.29 is 9.53 Å². The Kier molecular flexibility index (Phi) is 4.53. The summed E-state index contributed by atoms with van der Waals surface area (Å²) >= 11 is 0. The van der Waals surface area contributed by atoms with Crippen LogP contribution in [0.5, 0.6) is 0 Å². The van der Waals surface area contributed by atoms with E-state index in [2.05, 4.69) is 22.1 Å². The summed E-state index contributed by atoms with van der Waals surface area (Å²) in [5.74, 6) is 1.15. The van der Waals surface area contributed by atoms with Crippen LogP contribution in [0.15, 0.2) is 24.7 Å². The first-order chi connectivity index (χ1) is 10.8. The van der Waals surface area contributed by atoms with Crippen LogP contribution < -0.4 is 0 Å². The topological polar surface area (TPSA) is 76.0 Å². The lowest BCUT2D eigenvalue weighted by atomic mass is 10.1. The Morgan fingerprint density at radius 1 is 1.50 bits per heavy atom. The predicted octanol–water partition coefficient (Wildman–Crippen LogP) is 1.16.